The smallest absolute Gasteiger partial charge is 0.139 e. The predicted octanol–water partition coefficient (Wildman–Crippen LogP) is 3.54. The van der Waals surface area contributed by atoms with Crippen molar-refractivity contribution in [3.05, 3.63) is 30.3 Å². The molecule has 0 aromatic heterocycles. The van der Waals surface area contributed by atoms with Crippen LogP contribution >= 0.6 is 11.8 Å². The molecule has 80 valence electrons. The first-order chi connectivity index (χ1) is 7.10. The van der Waals surface area contributed by atoms with Gasteiger partial charge in [0.2, 0.25) is 0 Å². The second kappa shape index (κ2) is 4.01. The highest BCUT2D eigenvalue weighted by Gasteiger charge is 2.42. The van der Waals surface area contributed by atoms with Crippen LogP contribution in [0.1, 0.15) is 26.7 Å². The van der Waals surface area contributed by atoms with E-state index in [-0.39, 0.29) is 5.41 Å². The Hall–Kier alpha value is -0.760. The van der Waals surface area contributed by atoms with Gasteiger partial charge in [-0.1, -0.05) is 32.0 Å². The van der Waals surface area contributed by atoms with Crippen molar-refractivity contribution >= 4 is 17.5 Å². The number of carbonyl (C=O) groups is 1. The molecule has 0 bridgehead atoms. The number of Topliss-reactive ketones (excluding diaryl/α,β-unsaturated/α-hetero) is 1. The zero-order chi connectivity index (χ0) is 10.9. The van der Waals surface area contributed by atoms with E-state index in [4.69, 9.17) is 0 Å². The monoisotopic (exact) mass is 220 g/mol. The highest BCUT2D eigenvalue weighted by atomic mass is 32.2. The Bertz CT molecular complexity index is 356. The van der Waals surface area contributed by atoms with Gasteiger partial charge in [-0.05, 0) is 18.6 Å². The van der Waals surface area contributed by atoms with Crippen LogP contribution in [0, 0.1) is 5.41 Å². The fourth-order valence-corrected chi connectivity index (χ4v) is 3.30. The topological polar surface area (TPSA) is 17.1 Å². The van der Waals surface area contributed by atoms with Crippen molar-refractivity contribution in [3.8, 4) is 0 Å². The molecule has 15 heavy (non-hydrogen) atoms. The maximum absolute atomic E-state index is 11.7. The molecule has 2 heteroatoms. The molecule has 0 unspecified atom stereocenters. The van der Waals surface area contributed by atoms with E-state index in [9.17, 15) is 4.79 Å². The highest BCUT2D eigenvalue weighted by molar-refractivity contribution is 8.00. The van der Waals surface area contributed by atoms with Crippen LogP contribution in [0.3, 0.4) is 0 Å². The Morgan fingerprint density at radius 3 is 2.47 bits per heavy atom. The van der Waals surface area contributed by atoms with Crippen molar-refractivity contribution in [2.75, 3.05) is 0 Å². The Labute approximate surface area is 95.3 Å². The third-order valence-corrected chi connectivity index (χ3v) is 4.83. The minimum atomic E-state index is -0.152. The number of rotatable bonds is 2. The summed E-state index contributed by atoms with van der Waals surface area (Å²) in [5.74, 6) is 0.413. The van der Waals surface area contributed by atoms with Crippen LogP contribution < -0.4 is 0 Å². The molecule has 1 fully saturated rings. The standard InChI is InChI=1S/C13H16OS/c1-13(2)11(14)8-9-12(13)15-10-6-4-3-5-7-10/h3-7,12H,8-9H2,1-2H3/t12-/m0/s1. The molecular formula is C13H16OS. The third-order valence-electron chi connectivity index (χ3n) is 3.18. The van der Waals surface area contributed by atoms with Crippen LogP contribution in [0.15, 0.2) is 35.2 Å². The van der Waals surface area contributed by atoms with Gasteiger partial charge in [-0.3, -0.25) is 4.79 Å². The summed E-state index contributed by atoms with van der Waals surface area (Å²) in [6.07, 6.45) is 1.77. The fourth-order valence-electron chi connectivity index (χ4n) is 1.99. The van der Waals surface area contributed by atoms with E-state index >= 15 is 0 Å². The van der Waals surface area contributed by atoms with Crippen molar-refractivity contribution < 1.29 is 4.79 Å². The maximum Gasteiger partial charge on any atom is 0.139 e. The average molecular weight is 220 g/mol. The molecule has 0 aliphatic heterocycles. The van der Waals surface area contributed by atoms with E-state index in [1.165, 1.54) is 4.90 Å². The van der Waals surface area contributed by atoms with Gasteiger partial charge in [0.25, 0.3) is 0 Å². The summed E-state index contributed by atoms with van der Waals surface area (Å²) in [4.78, 5) is 13.0. The summed E-state index contributed by atoms with van der Waals surface area (Å²) in [5, 5.41) is 0.437. The minimum Gasteiger partial charge on any atom is -0.299 e. The SMILES string of the molecule is CC1(C)C(=O)CC[C@@H]1Sc1ccccc1. The Morgan fingerprint density at radius 1 is 1.27 bits per heavy atom. The lowest BCUT2D eigenvalue weighted by molar-refractivity contribution is -0.124. The van der Waals surface area contributed by atoms with Crippen LogP contribution in [0.4, 0.5) is 0 Å². The van der Waals surface area contributed by atoms with Gasteiger partial charge in [-0.25, -0.2) is 0 Å². The molecule has 0 heterocycles. The first-order valence-corrected chi connectivity index (χ1v) is 6.23. The molecule has 0 spiro atoms. The molecule has 1 atom stereocenters. The first kappa shape index (κ1) is 10.7. The third kappa shape index (κ3) is 2.10. The minimum absolute atomic E-state index is 0.152. The van der Waals surface area contributed by atoms with Crippen LogP contribution in [0.25, 0.3) is 0 Å². The summed E-state index contributed by atoms with van der Waals surface area (Å²) in [5.41, 5.74) is -0.152. The largest absolute Gasteiger partial charge is 0.299 e. The van der Waals surface area contributed by atoms with Crippen molar-refractivity contribution in [2.45, 2.75) is 36.8 Å². The van der Waals surface area contributed by atoms with E-state index in [1.54, 1.807) is 0 Å². The van der Waals surface area contributed by atoms with Gasteiger partial charge in [0, 0.05) is 22.0 Å². The summed E-state index contributed by atoms with van der Waals surface area (Å²) in [6, 6.07) is 10.3. The Kier molecular flexibility index (Phi) is 2.87. The molecule has 0 amide bonds. The lowest BCUT2D eigenvalue weighted by Gasteiger charge is -2.24. The summed E-state index contributed by atoms with van der Waals surface area (Å²) in [6.45, 7) is 4.14. The van der Waals surface area contributed by atoms with Crippen LogP contribution in [0.2, 0.25) is 0 Å². The number of benzene rings is 1. The highest BCUT2D eigenvalue weighted by Crippen LogP contribution is 2.44. The van der Waals surface area contributed by atoms with Gasteiger partial charge in [-0.15, -0.1) is 11.8 Å². The van der Waals surface area contributed by atoms with Crippen LogP contribution in [-0.2, 0) is 4.79 Å². The first-order valence-electron chi connectivity index (χ1n) is 5.36. The van der Waals surface area contributed by atoms with Crippen molar-refractivity contribution in [2.24, 2.45) is 5.41 Å². The lowest BCUT2D eigenvalue weighted by atomic mass is 9.90. The lowest BCUT2D eigenvalue weighted by Crippen LogP contribution is -2.26. The van der Waals surface area contributed by atoms with Gasteiger partial charge in [0.05, 0.1) is 0 Å². The summed E-state index contributed by atoms with van der Waals surface area (Å²) < 4.78 is 0. The van der Waals surface area contributed by atoms with E-state index in [1.807, 2.05) is 30.0 Å². The van der Waals surface area contributed by atoms with E-state index < -0.39 is 0 Å². The maximum atomic E-state index is 11.7. The second-order valence-corrected chi connectivity index (χ2v) is 5.88. The molecule has 1 nitrogen and oxygen atoms in total. The predicted molar refractivity (Wildman–Crippen MR) is 64.1 cm³/mol. The molecule has 0 N–H and O–H groups in total. The van der Waals surface area contributed by atoms with Crippen LogP contribution in [0.5, 0.6) is 0 Å². The van der Waals surface area contributed by atoms with Gasteiger partial charge < -0.3 is 0 Å². The number of hydrogen-bond donors (Lipinski definition) is 0. The molecule has 1 saturated carbocycles. The molecule has 2 rings (SSSR count). The molecule has 1 aliphatic rings. The molecule has 0 saturated heterocycles. The van der Waals surface area contributed by atoms with Gasteiger partial charge >= 0.3 is 0 Å². The number of carbonyl (C=O) groups excluding carboxylic acids is 1. The zero-order valence-electron chi connectivity index (χ0n) is 9.19. The van der Waals surface area contributed by atoms with E-state index in [0.717, 1.165) is 12.8 Å². The van der Waals surface area contributed by atoms with Crippen molar-refractivity contribution in [1.82, 2.24) is 0 Å². The molecule has 1 aromatic rings. The fraction of sp³-hybridized carbons (Fsp3) is 0.462. The second-order valence-electron chi connectivity index (χ2n) is 4.60. The number of thioether (sulfide) groups is 1. The number of ketones is 1. The van der Waals surface area contributed by atoms with Gasteiger partial charge in [0.1, 0.15) is 5.78 Å². The van der Waals surface area contributed by atoms with E-state index in [2.05, 4.69) is 26.0 Å². The number of hydrogen-bond acceptors (Lipinski definition) is 2. The van der Waals surface area contributed by atoms with Crippen molar-refractivity contribution in [1.29, 1.82) is 0 Å². The Morgan fingerprint density at radius 2 is 1.93 bits per heavy atom. The van der Waals surface area contributed by atoms with Gasteiger partial charge in [0.15, 0.2) is 0 Å². The normalized spacial score (nSPS) is 24.4. The van der Waals surface area contributed by atoms with E-state index in [0.29, 0.717) is 11.0 Å². The molecule has 1 aromatic carbocycles. The summed E-state index contributed by atoms with van der Waals surface area (Å²) in [7, 11) is 0. The average Bonchev–Trinajstić information content (AvgIpc) is 2.47. The Balaban J connectivity index is 2.11. The van der Waals surface area contributed by atoms with Crippen LogP contribution in [-0.4, -0.2) is 11.0 Å². The zero-order valence-corrected chi connectivity index (χ0v) is 10.0. The quantitative estimate of drug-likeness (QED) is 0.758. The summed E-state index contributed by atoms with van der Waals surface area (Å²) >= 11 is 1.84. The molecular weight excluding hydrogens is 204 g/mol. The molecule has 1 aliphatic carbocycles. The molecule has 0 radical (unpaired) electrons. The van der Waals surface area contributed by atoms with Gasteiger partial charge in [-0.2, -0.15) is 0 Å². The van der Waals surface area contributed by atoms with Crippen molar-refractivity contribution in [3.63, 3.8) is 0 Å².